The first-order valence-electron chi connectivity index (χ1n) is 23.4. The molecule has 57 heavy (non-hydrogen) atoms. The summed E-state index contributed by atoms with van der Waals surface area (Å²) in [6, 6.07) is 0. The van der Waals surface area contributed by atoms with Crippen LogP contribution in [0, 0.1) is 0 Å². The first-order chi connectivity index (χ1) is 27.6. The van der Waals surface area contributed by atoms with Crippen LogP contribution in [-0.4, -0.2) is 69.2 Å². The third kappa shape index (κ3) is 47.0. The van der Waals surface area contributed by atoms with E-state index in [1.807, 2.05) is 21.1 Å². The Morgan fingerprint density at radius 2 is 0.930 bits per heavy atom. The van der Waals surface area contributed by atoms with Crippen LogP contribution in [0.15, 0.2) is 48.6 Å². The second kappa shape index (κ2) is 41.2. The minimum Gasteiger partial charge on any atom is -0.756 e. The summed E-state index contributed by atoms with van der Waals surface area (Å²) in [6.45, 7) is 1.86. The van der Waals surface area contributed by atoms with Crippen molar-refractivity contribution in [2.75, 3.05) is 47.5 Å². The Hall–Kier alpha value is -1.54. The number of rotatable bonds is 43. The number of phosphoric acid groups is 1. The van der Waals surface area contributed by atoms with Gasteiger partial charge in [0.15, 0.2) is 0 Å². The molecule has 0 spiro atoms. The van der Waals surface area contributed by atoms with Crippen molar-refractivity contribution in [3.8, 4) is 0 Å². The molecule has 1 N–H and O–H groups in total. The van der Waals surface area contributed by atoms with Gasteiger partial charge in [0.1, 0.15) is 25.9 Å². The normalized spacial score (nSPS) is 14.1. The zero-order valence-corrected chi connectivity index (χ0v) is 38.4. The van der Waals surface area contributed by atoms with Crippen LogP contribution in [0.25, 0.3) is 0 Å². The maximum absolute atomic E-state index is 11.9. The highest BCUT2D eigenvalue weighted by Crippen LogP contribution is 2.38. The number of esters is 1. The molecular weight excluding hydrogens is 734 g/mol. The molecule has 0 aromatic carbocycles. The fraction of sp³-hybridized carbons (Fsp3) is 0.812. The minimum absolute atomic E-state index is 0.00725. The summed E-state index contributed by atoms with van der Waals surface area (Å²) in [4.78, 5) is 23.7. The molecular formula is C48H90NO7P. The molecule has 0 rings (SSSR count). The molecule has 0 aromatic heterocycles. The number of quaternary nitrogens is 1. The molecule has 2 unspecified atom stereocenters. The zero-order valence-electron chi connectivity index (χ0n) is 37.5. The van der Waals surface area contributed by atoms with Gasteiger partial charge < -0.3 is 28.3 Å². The molecule has 0 heterocycles. The summed E-state index contributed by atoms with van der Waals surface area (Å²) in [5.41, 5.74) is 0. The molecule has 334 valence electrons. The number of nitrogens with zero attached hydrogens (tertiary/aromatic N) is 1. The topological polar surface area (TPSA) is 105 Å². The molecule has 8 nitrogen and oxygen atoms in total. The van der Waals surface area contributed by atoms with Gasteiger partial charge in [-0.2, -0.15) is 0 Å². The number of aliphatic hydroxyl groups excluding tert-OH is 1. The van der Waals surface area contributed by atoms with Gasteiger partial charge in [-0.3, -0.25) is 9.36 Å². The molecule has 0 fully saturated rings. The number of hydrogen-bond acceptors (Lipinski definition) is 7. The Morgan fingerprint density at radius 1 is 0.561 bits per heavy atom. The number of aliphatic hydroxyl groups is 1. The molecule has 0 aliphatic rings. The van der Waals surface area contributed by atoms with Crippen LogP contribution in [0.4, 0.5) is 0 Å². The van der Waals surface area contributed by atoms with E-state index in [4.69, 9.17) is 13.8 Å². The lowest BCUT2D eigenvalue weighted by Crippen LogP contribution is -2.37. The van der Waals surface area contributed by atoms with Crippen molar-refractivity contribution < 1.29 is 37.6 Å². The molecule has 0 amide bonds. The van der Waals surface area contributed by atoms with E-state index in [2.05, 4.69) is 55.5 Å². The summed E-state index contributed by atoms with van der Waals surface area (Å²) < 4.78 is 26.9. The molecule has 0 radical (unpaired) electrons. The Bertz CT molecular complexity index is 1050. The van der Waals surface area contributed by atoms with Crippen molar-refractivity contribution in [1.82, 2.24) is 0 Å². The van der Waals surface area contributed by atoms with Gasteiger partial charge in [-0.15, -0.1) is 0 Å². The van der Waals surface area contributed by atoms with E-state index in [0.29, 0.717) is 17.4 Å². The highest BCUT2D eigenvalue weighted by atomic mass is 31.2. The van der Waals surface area contributed by atoms with Crippen LogP contribution in [-0.2, 0) is 23.1 Å². The van der Waals surface area contributed by atoms with Gasteiger partial charge in [0.2, 0.25) is 0 Å². The number of allylic oxidation sites excluding steroid dienone is 8. The average molecular weight is 824 g/mol. The van der Waals surface area contributed by atoms with E-state index >= 15 is 0 Å². The number of ether oxygens (including phenoxy) is 1. The second-order valence-corrected chi connectivity index (χ2v) is 18.4. The quantitative estimate of drug-likeness (QED) is 0.0215. The predicted octanol–water partition coefficient (Wildman–Crippen LogP) is 13.0. The van der Waals surface area contributed by atoms with Crippen LogP contribution in [0.1, 0.15) is 200 Å². The summed E-state index contributed by atoms with van der Waals surface area (Å²) in [6.07, 6.45) is 54.6. The Kier molecular flexibility index (Phi) is 40.1. The smallest absolute Gasteiger partial charge is 0.305 e. The number of likely N-dealkylation sites (N-methyl/N-ethyl adjacent to an activating group) is 1. The molecule has 0 aromatic rings. The lowest BCUT2D eigenvalue weighted by molar-refractivity contribution is -0.870. The van der Waals surface area contributed by atoms with Gasteiger partial charge in [-0.25, -0.2) is 0 Å². The van der Waals surface area contributed by atoms with Gasteiger partial charge in [-0.05, 0) is 44.9 Å². The molecule has 2 atom stereocenters. The predicted molar refractivity (Wildman–Crippen MR) is 240 cm³/mol. The van der Waals surface area contributed by atoms with Crippen molar-refractivity contribution in [1.29, 1.82) is 0 Å². The number of phosphoric ester groups is 1. The van der Waals surface area contributed by atoms with Crippen LogP contribution in [0.5, 0.6) is 0 Å². The number of hydrogen-bond donors (Lipinski definition) is 1. The van der Waals surface area contributed by atoms with Crippen molar-refractivity contribution >= 4 is 13.8 Å². The van der Waals surface area contributed by atoms with Gasteiger partial charge in [0.05, 0.1) is 27.7 Å². The average Bonchev–Trinajstić information content (AvgIpc) is 3.17. The van der Waals surface area contributed by atoms with E-state index in [-0.39, 0.29) is 19.2 Å². The van der Waals surface area contributed by atoms with Gasteiger partial charge in [-0.1, -0.05) is 197 Å². The summed E-state index contributed by atoms with van der Waals surface area (Å²) in [7, 11) is 1.26. The molecule has 0 bridgehead atoms. The summed E-state index contributed by atoms with van der Waals surface area (Å²) >= 11 is 0. The summed E-state index contributed by atoms with van der Waals surface area (Å²) in [5.74, 6) is -0.384. The van der Waals surface area contributed by atoms with Crippen molar-refractivity contribution in [2.24, 2.45) is 0 Å². The third-order valence-electron chi connectivity index (χ3n) is 10.1. The lowest BCUT2D eigenvalue weighted by Gasteiger charge is -2.27. The zero-order chi connectivity index (χ0) is 42.0. The fourth-order valence-corrected chi connectivity index (χ4v) is 7.20. The van der Waals surface area contributed by atoms with E-state index in [1.54, 1.807) is 0 Å². The Balaban J connectivity index is 3.33. The standard InChI is InChI=1S/C48H90NO7P/c1-5-6-7-8-9-10-11-12-13-14-15-16-17-18-19-20-21-22-23-24-25-26-27-28-29-30-31-32-33-34-35-36-37-38-39-40-41-42-48(51)54-45-47(50)46-56-57(52,53)55-44-43-49(2,3)4/h6-7,9-10,12-13,15-16,47,50H,5,8,11,14,17-46H2,1-4H3/b7-6-,10-9-,13-12-,16-15-. The Morgan fingerprint density at radius 3 is 1.33 bits per heavy atom. The molecule has 0 aliphatic heterocycles. The van der Waals surface area contributed by atoms with E-state index in [0.717, 1.165) is 44.9 Å². The van der Waals surface area contributed by atoms with E-state index in [1.165, 1.54) is 141 Å². The molecule has 0 aliphatic carbocycles. The highest BCUT2D eigenvalue weighted by Gasteiger charge is 2.17. The number of carbonyl (C=O) groups is 1. The summed E-state index contributed by atoms with van der Waals surface area (Å²) in [5, 5.41) is 9.90. The Labute approximate surface area is 352 Å². The third-order valence-corrected chi connectivity index (χ3v) is 11.1. The fourth-order valence-electron chi connectivity index (χ4n) is 6.47. The maximum Gasteiger partial charge on any atom is 0.305 e. The van der Waals surface area contributed by atoms with Crippen LogP contribution < -0.4 is 4.89 Å². The number of carbonyl (C=O) groups excluding carboxylic acids is 1. The number of unbranched alkanes of at least 4 members (excludes halogenated alkanes) is 24. The molecule has 9 heteroatoms. The largest absolute Gasteiger partial charge is 0.756 e. The molecule has 0 saturated carbocycles. The monoisotopic (exact) mass is 824 g/mol. The van der Waals surface area contributed by atoms with Crippen molar-refractivity contribution in [2.45, 2.75) is 206 Å². The minimum atomic E-state index is -4.50. The van der Waals surface area contributed by atoms with Crippen LogP contribution >= 0.6 is 7.82 Å². The molecule has 0 saturated heterocycles. The van der Waals surface area contributed by atoms with E-state index < -0.39 is 20.5 Å². The van der Waals surface area contributed by atoms with E-state index in [9.17, 15) is 19.4 Å². The SMILES string of the molecule is CC/C=C\C/C=C\C/C=C\C/C=C\CCCCCCCCCCCCCCCCCCCCCCCCCCC(=O)OCC(O)COP(=O)([O-])OCC[N+](C)(C)C. The van der Waals surface area contributed by atoms with Crippen molar-refractivity contribution in [3.63, 3.8) is 0 Å². The first kappa shape index (κ1) is 55.5. The second-order valence-electron chi connectivity index (χ2n) is 17.0. The van der Waals surface area contributed by atoms with Crippen LogP contribution in [0.2, 0.25) is 0 Å². The van der Waals surface area contributed by atoms with Gasteiger partial charge in [0.25, 0.3) is 7.82 Å². The lowest BCUT2D eigenvalue weighted by atomic mass is 10.0. The van der Waals surface area contributed by atoms with Gasteiger partial charge in [0, 0.05) is 6.42 Å². The van der Waals surface area contributed by atoms with Crippen molar-refractivity contribution in [3.05, 3.63) is 48.6 Å². The maximum atomic E-state index is 11.9. The van der Waals surface area contributed by atoms with Gasteiger partial charge >= 0.3 is 5.97 Å². The highest BCUT2D eigenvalue weighted by molar-refractivity contribution is 7.45. The van der Waals surface area contributed by atoms with Crippen LogP contribution in [0.3, 0.4) is 0 Å². The first-order valence-corrected chi connectivity index (χ1v) is 24.9.